The zero-order valence-corrected chi connectivity index (χ0v) is 20.4. The number of carboxylic acids is 2. The molecule has 0 aliphatic heterocycles. The molecule has 0 radical (unpaired) electrons. The largest absolute Gasteiger partial charge is 1.00 e. The van der Waals surface area contributed by atoms with Gasteiger partial charge in [0.2, 0.25) is 5.91 Å². The molecule has 1 N–H and O–H groups in total. The Bertz CT molecular complexity index is 753. The summed E-state index contributed by atoms with van der Waals surface area (Å²) in [4.78, 5) is 39.1. The van der Waals surface area contributed by atoms with Crippen LogP contribution in [0.25, 0.3) is 10.2 Å². The molecule has 1 heterocycles. The molecule has 0 aliphatic carbocycles. The van der Waals surface area contributed by atoms with E-state index in [9.17, 15) is 24.6 Å². The summed E-state index contributed by atoms with van der Waals surface area (Å²) in [7, 11) is 0. The molecule has 11 heteroatoms. The van der Waals surface area contributed by atoms with Crippen LogP contribution in [0.1, 0.15) is 13.3 Å². The second-order valence-electron chi connectivity index (χ2n) is 5.01. The van der Waals surface area contributed by atoms with E-state index in [0.29, 0.717) is 4.34 Å². The van der Waals surface area contributed by atoms with E-state index >= 15 is 0 Å². The van der Waals surface area contributed by atoms with E-state index in [1.807, 2.05) is 24.3 Å². The van der Waals surface area contributed by atoms with Crippen molar-refractivity contribution in [3.8, 4) is 0 Å². The molecular weight excluding hydrogens is 398 g/mol. The second kappa shape index (κ2) is 11.7. The number of aliphatic carboxylic acids is 2. The Morgan fingerprint density at radius 1 is 1.23 bits per heavy atom. The zero-order chi connectivity index (χ0) is 17.7. The van der Waals surface area contributed by atoms with Crippen molar-refractivity contribution < 1.29 is 83.7 Å². The number of fused-ring (bicyclic) bond motifs is 1. The fraction of sp³-hybridized carbons (Fsp3) is 0.333. The fourth-order valence-electron chi connectivity index (χ4n) is 2.09. The number of benzene rings is 1. The summed E-state index contributed by atoms with van der Waals surface area (Å²) in [5.74, 6) is -4.58. The molecule has 1 aromatic carbocycles. The first-order valence-electron chi connectivity index (χ1n) is 7.07. The first-order chi connectivity index (χ1) is 11.4. The van der Waals surface area contributed by atoms with Crippen molar-refractivity contribution in [3.05, 3.63) is 24.3 Å². The van der Waals surface area contributed by atoms with E-state index in [2.05, 4.69) is 10.3 Å². The van der Waals surface area contributed by atoms with E-state index in [1.165, 1.54) is 11.3 Å². The number of carbonyl (C=O) groups is 3. The molecule has 0 saturated carbocycles. The van der Waals surface area contributed by atoms with Crippen molar-refractivity contribution >= 4 is 51.2 Å². The van der Waals surface area contributed by atoms with Gasteiger partial charge in [-0.1, -0.05) is 23.9 Å². The maximum Gasteiger partial charge on any atom is 1.00 e. The van der Waals surface area contributed by atoms with Crippen molar-refractivity contribution in [2.24, 2.45) is 5.41 Å². The maximum atomic E-state index is 12.2. The summed E-state index contributed by atoms with van der Waals surface area (Å²) in [6.45, 7) is 1.78. The minimum atomic E-state index is -2.21. The number of para-hydroxylation sites is 1. The molecule has 26 heavy (non-hydrogen) atoms. The van der Waals surface area contributed by atoms with Gasteiger partial charge in [0.1, 0.15) is 5.41 Å². The van der Waals surface area contributed by atoms with Crippen molar-refractivity contribution in [1.29, 1.82) is 0 Å². The molecule has 1 unspecified atom stereocenters. The molecule has 2 rings (SSSR count). The number of thioether (sulfide) groups is 1. The van der Waals surface area contributed by atoms with Gasteiger partial charge in [0.25, 0.3) is 0 Å². The first-order valence-corrected chi connectivity index (χ1v) is 8.87. The van der Waals surface area contributed by atoms with Crippen molar-refractivity contribution in [2.45, 2.75) is 17.7 Å². The Morgan fingerprint density at radius 2 is 1.88 bits per heavy atom. The summed E-state index contributed by atoms with van der Waals surface area (Å²) < 4.78 is 1.46. The minimum Gasteiger partial charge on any atom is -0.550 e. The number of nitrogens with zero attached hydrogens (tertiary/aromatic N) is 1. The number of rotatable bonds is 8. The number of carbonyl (C=O) groups excluding carboxylic acids is 3. The quantitative estimate of drug-likeness (QED) is 0.260. The number of hydrogen-bond acceptors (Lipinski definition) is 8. The van der Waals surface area contributed by atoms with Gasteiger partial charge in [0, 0.05) is 24.7 Å². The van der Waals surface area contributed by atoms with Crippen LogP contribution in [0.15, 0.2) is 28.6 Å². The summed E-state index contributed by atoms with van der Waals surface area (Å²) >= 11 is 2.35. The summed E-state index contributed by atoms with van der Waals surface area (Å²) in [6, 6.07) is 7.36. The molecule has 0 saturated heterocycles. The standard InChI is InChI=1S/C15H16N2O5S2.2Na/c1-2-16-12(20)15(13(21)22,7-11(18)19)8-23-14-17-9-5-3-4-6-10(9)24-14;;/h3-6H,2,7-8H2,1H3,(H,16,20)(H,18,19)(H,21,22);;/q;2*+1/p-2. The predicted octanol–water partition coefficient (Wildman–Crippen LogP) is -6.59. The summed E-state index contributed by atoms with van der Waals surface area (Å²) in [6.07, 6.45) is -0.959. The summed E-state index contributed by atoms with van der Waals surface area (Å²) in [5.41, 5.74) is -1.46. The van der Waals surface area contributed by atoms with Crippen LogP contribution >= 0.6 is 23.1 Å². The Labute approximate surface area is 202 Å². The van der Waals surface area contributed by atoms with Crippen LogP contribution in [-0.4, -0.2) is 35.1 Å². The number of amides is 1. The summed E-state index contributed by atoms with van der Waals surface area (Å²) in [5, 5.41) is 24.9. The topological polar surface area (TPSA) is 122 Å². The van der Waals surface area contributed by atoms with Gasteiger partial charge in [-0.2, -0.15) is 0 Å². The Morgan fingerprint density at radius 3 is 2.42 bits per heavy atom. The monoisotopic (exact) mass is 412 g/mol. The number of aromatic nitrogens is 1. The molecule has 1 atom stereocenters. The van der Waals surface area contributed by atoms with Crippen LogP contribution < -0.4 is 74.6 Å². The van der Waals surface area contributed by atoms with E-state index in [4.69, 9.17) is 0 Å². The van der Waals surface area contributed by atoms with Crippen molar-refractivity contribution in [2.75, 3.05) is 12.3 Å². The van der Waals surface area contributed by atoms with Gasteiger partial charge in [-0.25, -0.2) is 4.98 Å². The van der Waals surface area contributed by atoms with E-state index < -0.39 is 29.7 Å². The maximum absolute atomic E-state index is 12.2. The third-order valence-corrected chi connectivity index (χ3v) is 5.74. The van der Waals surface area contributed by atoms with Crippen LogP contribution in [0.4, 0.5) is 0 Å². The van der Waals surface area contributed by atoms with E-state index in [-0.39, 0.29) is 71.4 Å². The van der Waals surface area contributed by atoms with Gasteiger partial charge < -0.3 is 25.1 Å². The molecule has 1 amide bonds. The molecule has 1 aromatic heterocycles. The molecule has 0 spiro atoms. The smallest absolute Gasteiger partial charge is 0.550 e. The molecule has 0 aliphatic rings. The van der Waals surface area contributed by atoms with Crippen LogP contribution in [0.2, 0.25) is 0 Å². The van der Waals surface area contributed by atoms with Gasteiger partial charge in [0.15, 0.2) is 4.34 Å². The number of thiazole rings is 1. The first kappa shape index (κ1) is 25.9. The van der Waals surface area contributed by atoms with Gasteiger partial charge in [-0.05, 0) is 19.1 Å². The van der Waals surface area contributed by atoms with E-state index in [0.717, 1.165) is 22.0 Å². The Hall–Kier alpha value is -0.130. The number of nitrogens with one attached hydrogen (secondary N) is 1. The van der Waals surface area contributed by atoms with Gasteiger partial charge in [0.05, 0.1) is 16.2 Å². The third kappa shape index (κ3) is 6.20. The predicted molar refractivity (Wildman–Crippen MR) is 86.1 cm³/mol. The van der Waals surface area contributed by atoms with Gasteiger partial charge in [-0.3, -0.25) is 4.79 Å². The average Bonchev–Trinajstić information content (AvgIpc) is 2.93. The normalized spacial score (nSPS) is 12.3. The van der Waals surface area contributed by atoms with Gasteiger partial charge >= 0.3 is 59.1 Å². The molecule has 0 bridgehead atoms. The zero-order valence-electron chi connectivity index (χ0n) is 14.7. The Balaban J connectivity index is 0.00000312. The van der Waals surface area contributed by atoms with Crippen LogP contribution in [0.5, 0.6) is 0 Å². The molecular formula is C15H14N2Na2O5S2. The number of hydrogen-bond donors (Lipinski definition) is 1. The molecule has 0 fully saturated rings. The minimum absolute atomic E-state index is 0. The third-order valence-electron chi connectivity index (χ3n) is 3.33. The van der Waals surface area contributed by atoms with Crippen molar-refractivity contribution in [3.63, 3.8) is 0 Å². The van der Waals surface area contributed by atoms with Crippen LogP contribution in [0, 0.1) is 5.41 Å². The molecule has 2 aromatic rings. The van der Waals surface area contributed by atoms with Crippen LogP contribution in [-0.2, 0) is 14.4 Å². The van der Waals surface area contributed by atoms with Crippen LogP contribution in [0.3, 0.4) is 0 Å². The number of carboxylic acid groups (broad SMARTS) is 2. The Kier molecular flexibility index (Phi) is 11.6. The average molecular weight is 412 g/mol. The molecule has 7 nitrogen and oxygen atoms in total. The van der Waals surface area contributed by atoms with E-state index in [1.54, 1.807) is 6.92 Å². The molecule has 128 valence electrons. The second-order valence-corrected chi connectivity index (χ2v) is 7.27. The van der Waals surface area contributed by atoms with Crippen molar-refractivity contribution in [1.82, 2.24) is 10.3 Å². The fourth-order valence-corrected chi connectivity index (χ4v) is 4.36. The van der Waals surface area contributed by atoms with Gasteiger partial charge in [-0.15, -0.1) is 11.3 Å². The SMILES string of the molecule is CCNC(=O)C(CSc1nc2ccccc2s1)(CC(=O)[O-])C(=O)[O-].[Na+].[Na+].